The lowest BCUT2D eigenvalue weighted by Gasteiger charge is -2.49. The van der Waals surface area contributed by atoms with E-state index in [0.717, 1.165) is 0 Å². The van der Waals surface area contributed by atoms with Crippen LogP contribution in [0.5, 0.6) is 0 Å². The summed E-state index contributed by atoms with van der Waals surface area (Å²) in [4.78, 5) is 13.4. The molecule has 1 saturated heterocycles. The van der Waals surface area contributed by atoms with Gasteiger partial charge in [0, 0.05) is 6.20 Å². The number of rotatable bonds is 3. The van der Waals surface area contributed by atoms with E-state index in [2.05, 4.69) is 10.3 Å². The number of carbonyl (C=O) groups excluding carboxylic acids is 1. The van der Waals surface area contributed by atoms with Crippen molar-refractivity contribution in [3.8, 4) is 0 Å². The van der Waals surface area contributed by atoms with E-state index in [0.29, 0.717) is 13.1 Å². The van der Waals surface area contributed by atoms with Crippen molar-refractivity contribution in [2.45, 2.75) is 26.0 Å². The monoisotopic (exact) mass is 224 g/mol. The van der Waals surface area contributed by atoms with Gasteiger partial charge in [0.1, 0.15) is 12.1 Å². The third-order valence-corrected chi connectivity index (χ3v) is 3.13. The smallest absolute Gasteiger partial charge is 0.244 e. The van der Waals surface area contributed by atoms with Crippen molar-refractivity contribution in [1.82, 2.24) is 19.9 Å². The zero-order chi connectivity index (χ0) is 11.8. The maximum absolute atomic E-state index is 11.7. The molecule has 6 heteroatoms. The lowest BCUT2D eigenvalue weighted by Crippen LogP contribution is -2.66. The summed E-state index contributed by atoms with van der Waals surface area (Å²) in [7, 11) is 0. The van der Waals surface area contributed by atoms with E-state index in [-0.39, 0.29) is 18.4 Å². The number of aliphatic hydroxyl groups is 1. The third-order valence-electron chi connectivity index (χ3n) is 3.13. The van der Waals surface area contributed by atoms with Crippen LogP contribution >= 0.6 is 0 Å². The van der Waals surface area contributed by atoms with Gasteiger partial charge in [0.15, 0.2) is 0 Å². The third kappa shape index (κ3) is 1.92. The average molecular weight is 224 g/mol. The van der Waals surface area contributed by atoms with E-state index in [1.54, 1.807) is 11.1 Å². The lowest BCUT2D eigenvalue weighted by molar-refractivity contribution is -0.164. The molecule has 16 heavy (non-hydrogen) atoms. The van der Waals surface area contributed by atoms with Crippen LogP contribution in [-0.2, 0) is 11.3 Å². The van der Waals surface area contributed by atoms with Gasteiger partial charge in [-0.1, -0.05) is 19.1 Å². The number of aromatic nitrogens is 3. The molecule has 1 aromatic heterocycles. The number of nitrogens with zero attached hydrogens (tertiary/aromatic N) is 4. The van der Waals surface area contributed by atoms with Gasteiger partial charge in [0.25, 0.3) is 0 Å². The Kier molecular flexibility index (Phi) is 2.67. The molecule has 0 bridgehead atoms. The van der Waals surface area contributed by atoms with Crippen molar-refractivity contribution in [1.29, 1.82) is 0 Å². The van der Waals surface area contributed by atoms with Crippen molar-refractivity contribution in [3.63, 3.8) is 0 Å². The van der Waals surface area contributed by atoms with Gasteiger partial charge in [-0.3, -0.25) is 4.79 Å². The maximum atomic E-state index is 11.7. The van der Waals surface area contributed by atoms with E-state index in [9.17, 15) is 9.90 Å². The molecule has 1 aliphatic heterocycles. The predicted octanol–water partition coefficient (Wildman–Crippen LogP) is -0.493. The molecule has 1 aliphatic rings. The number of β-amino-alcohol motifs (C(OH)–C–C–N with tert-alkyl or cyclic N) is 1. The van der Waals surface area contributed by atoms with Crippen molar-refractivity contribution in [2.24, 2.45) is 5.92 Å². The normalized spacial score (nSPS) is 18.6. The van der Waals surface area contributed by atoms with Crippen LogP contribution < -0.4 is 0 Å². The summed E-state index contributed by atoms with van der Waals surface area (Å²) in [6, 6.07) is 0. The predicted molar refractivity (Wildman–Crippen MR) is 56.4 cm³/mol. The Balaban J connectivity index is 1.86. The second-order valence-corrected chi connectivity index (χ2v) is 4.61. The Morgan fingerprint density at radius 3 is 2.75 bits per heavy atom. The van der Waals surface area contributed by atoms with E-state index >= 15 is 0 Å². The average Bonchev–Trinajstić information content (AvgIpc) is 2.64. The van der Waals surface area contributed by atoms with E-state index in [4.69, 9.17) is 0 Å². The number of likely N-dealkylation sites (tertiary alicyclic amines) is 1. The SMILES string of the molecule is CC(C)C1(O)CN(C(=O)Cn2ccnn2)C1. The van der Waals surface area contributed by atoms with Gasteiger partial charge in [0.05, 0.1) is 19.3 Å². The largest absolute Gasteiger partial charge is 0.386 e. The molecule has 0 unspecified atom stereocenters. The molecule has 0 atom stereocenters. The molecule has 2 rings (SSSR count). The number of hydrogen-bond acceptors (Lipinski definition) is 4. The van der Waals surface area contributed by atoms with Gasteiger partial charge in [0.2, 0.25) is 5.91 Å². The Bertz CT molecular complexity index is 368. The molecule has 0 aromatic carbocycles. The minimum atomic E-state index is -0.710. The number of amides is 1. The van der Waals surface area contributed by atoms with Crippen molar-refractivity contribution >= 4 is 5.91 Å². The zero-order valence-electron chi connectivity index (χ0n) is 9.50. The molecule has 2 heterocycles. The molecule has 1 fully saturated rings. The van der Waals surface area contributed by atoms with Crippen LogP contribution in [-0.4, -0.2) is 49.6 Å². The molecule has 1 aromatic rings. The summed E-state index contributed by atoms with van der Waals surface area (Å²) >= 11 is 0. The molecule has 0 spiro atoms. The fourth-order valence-corrected chi connectivity index (χ4v) is 1.71. The van der Waals surface area contributed by atoms with Crippen LogP contribution in [0.25, 0.3) is 0 Å². The Morgan fingerprint density at radius 1 is 1.56 bits per heavy atom. The van der Waals surface area contributed by atoms with E-state index in [1.807, 2.05) is 13.8 Å². The summed E-state index contributed by atoms with van der Waals surface area (Å²) in [5.74, 6) is 0.138. The van der Waals surface area contributed by atoms with Crippen LogP contribution in [0.2, 0.25) is 0 Å². The minimum absolute atomic E-state index is 0.0316. The molecular weight excluding hydrogens is 208 g/mol. The molecule has 1 amide bonds. The molecule has 1 N–H and O–H groups in total. The van der Waals surface area contributed by atoms with Crippen molar-refractivity contribution in [3.05, 3.63) is 12.4 Å². The fraction of sp³-hybridized carbons (Fsp3) is 0.700. The number of hydrogen-bond donors (Lipinski definition) is 1. The Labute approximate surface area is 93.9 Å². The van der Waals surface area contributed by atoms with Gasteiger partial charge in [-0.2, -0.15) is 0 Å². The standard InChI is InChI=1S/C10H16N4O2/c1-8(2)10(16)6-13(7-10)9(15)5-14-4-3-11-12-14/h3-4,8,16H,5-7H2,1-2H3. The summed E-state index contributed by atoms with van der Waals surface area (Å²) in [6.07, 6.45) is 3.18. The highest BCUT2D eigenvalue weighted by Gasteiger charge is 2.45. The lowest BCUT2D eigenvalue weighted by atomic mass is 9.83. The Hall–Kier alpha value is -1.43. The highest BCUT2D eigenvalue weighted by molar-refractivity contribution is 5.77. The number of carbonyl (C=O) groups is 1. The first-order valence-electron chi connectivity index (χ1n) is 5.35. The van der Waals surface area contributed by atoms with Gasteiger partial charge >= 0.3 is 0 Å². The summed E-state index contributed by atoms with van der Waals surface area (Å²) in [6.45, 7) is 4.93. The summed E-state index contributed by atoms with van der Waals surface area (Å²) < 4.78 is 1.48. The van der Waals surface area contributed by atoms with Gasteiger partial charge in [-0.05, 0) is 5.92 Å². The maximum Gasteiger partial charge on any atom is 0.244 e. The fourth-order valence-electron chi connectivity index (χ4n) is 1.71. The molecule has 0 saturated carbocycles. The topological polar surface area (TPSA) is 71.2 Å². The van der Waals surface area contributed by atoms with E-state index < -0.39 is 5.60 Å². The molecule has 0 radical (unpaired) electrons. The first-order valence-corrected chi connectivity index (χ1v) is 5.35. The van der Waals surface area contributed by atoms with E-state index in [1.165, 1.54) is 10.9 Å². The summed E-state index contributed by atoms with van der Waals surface area (Å²) in [5, 5.41) is 17.4. The molecule has 0 aliphatic carbocycles. The van der Waals surface area contributed by atoms with Crippen molar-refractivity contribution < 1.29 is 9.90 Å². The second-order valence-electron chi connectivity index (χ2n) is 4.61. The quantitative estimate of drug-likeness (QED) is 0.752. The molecular formula is C10H16N4O2. The van der Waals surface area contributed by atoms with Gasteiger partial charge < -0.3 is 10.0 Å². The van der Waals surface area contributed by atoms with Crippen molar-refractivity contribution in [2.75, 3.05) is 13.1 Å². The Morgan fingerprint density at radius 2 is 2.25 bits per heavy atom. The minimum Gasteiger partial charge on any atom is -0.386 e. The van der Waals surface area contributed by atoms with Crippen LogP contribution in [0.4, 0.5) is 0 Å². The summed E-state index contributed by atoms with van der Waals surface area (Å²) in [5.41, 5.74) is -0.710. The van der Waals surface area contributed by atoms with Crippen LogP contribution in [0.1, 0.15) is 13.8 Å². The first-order chi connectivity index (χ1) is 7.51. The molecule has 6 nitrogen and oxygen atoms in total. The first kappa shape index (κ1) is 11.1. The van der Waals surface area contributed by atoms with Crippen LogP contribution in [0.15, 0.2) is 12.4 Å². The molecule has 88 valence electrons. The highest BCUT2D eigenvalue weighted by Crippen LogP contribution is 2.28. The van der Waals surface area contributed by atoms with Gasteiger partial charge in [-0.15, -0.1) is 5.10 Å². The van der Waals surface area contributed by atoms with Crippen LogP contribution in [0, 0.1) is 5.92 Å². The van der Waals surface area contributed by atoms with Gasteiger partial charge in [-0.25, -0.2) is 4.68 Å². The zero-order valence-corrected chi connectivity index (χ0v) is 9.50. The second kappa shape index (κ2) is 3.86. The highest BCUT2D eigenvalue weighted by atomic mass is 16.3. The van der Waals surface area contributed by atoms with Crippen LogP contribution in [0.3, 0.4) is 0 Å².